The predicted octanol–water partition coefficient (Wildman–Crippen LogP) is 3.32. The minimum absolute atomic E-state index is 0.242. The molecule has 0 aliphatic rings. The van der Waals surface area contributed by atoms with E-state index in [4.69, 9.17) is 4.74 Å². The van der Waals surface area contributed by atoms with Gasteiger partial charge < -0.3 is 10.1 Å². The molecule has 0 saturated carbocycles. The summed E-state index contributed by atoms with van der Waals surface area (Å²) in [6.07, 6.45) is 2.65. The van der Waals surface area contributed by atoms with E-state index in [0.717, 1.165) is 13.0 Å². The lowest BCUT2D eigenvalue weighted by Crippen LogP contribution is -2.25. The molecule has 0 amide bonds. The Morgan fingerprint density at radius 2 is 2.05 bits per heavy atom. The molecule has 1 unspecified atom stereocenters. The fraction of sp³-hybridized carbons (Fsp3) is 0.312. The second-order valence-electron chi connectivity index (χ2n) is 4.50. The van der Waals surface area contributed by atoms with Crippen LogP contribution in [0, 0.1) is 5.82 Å². The van der Waals surface area contributed by atoms with E-state index >= 15 is 0 Å². The molecule has 0 aliphatic carbocycles. The summed E-state index contributed by atoms with van der Waals surface area (Å²) in [5.74, 6) is 0.415. The second kappa shape index (κ2) is 7.01. The monoisotopic (exact) mass is 274 g/mol. The smallest absolute Gasteiger partial charge is 0.142 e. The average molecular weight is 274 g/mol. The summed E-state index contributed by atoms with van der Waals surface area (Å²) in [6.45, 7) is 2.85. The van der Waals surface area contributed by atoms with Gasteiger partial charge in [0.15, 0.2) is 0 Å². The normalized spacial score (nSPS) is 12.2. The third-order valence-corrected chi connectivity index (χ3v) is 3.11. The van der Waals surface area contributed by atoms with E-state index in [0.29, 0.717) is 17.0 Å². The number of hydrogen-bond acceptors (Lipinski definition) is 3. The zero-order valence-electron chi connectivity index (χ0n) is 11.8. The first-order chi connectivity index (χ1) is 9.77. The van der Waals surface area contributed by atoms with E-state index in [1.165, 1.54) is 6.07 Å². The Kier molecular flexibility index (Phi) is 5.07. The number of rotatable bonds is 6. The summed E-state index contributed by atoms with van der Waals surface area (Å²) in [6, 6.07) is 10.1. The molecule has 2 aromatic rings. The quantitative estimate of drug-likeness (QED) is 0.877. The lowest BCUT2D eigenvalue weighted by atomic mass is 10.0. The highest BCUT2D eigenvalue weighted by atomic mass is 19.1. The lowest BCUT2D eigenvalue weighted by molar-refractivity contribution is 0.398. The van der Waals surface area contributed by atoms with Crippen LogP contribution in [0.15, 0.2) is 42.6 Å². The molecule has 0 fully saturated rings. The Labute approximate surface area is 118 Å². The molecular weight excluding hydrogens is 255 g/mol. The number of ether oxygens (including phenoxy) is 1. The molecule has 3 nitrogen and oxygen atoms in total. The number of aromatic nitrogens is 1. The van der Waals surface area contributed by atoms with Crippen molar-refractivity contribution in [3.8, 4) is 5.75 Å². The summed E-state index contributed by atoms with van der Waals surface area (Å²) in [4.78, 5) is 4.37. The highest BCUT2D eigenvalue weighted by molar-refractivity contribution is 5.37. The number of pyridine rings is 1. The van der Waals surface area contributed by atoms with Gasteiger partial charge in [0, 0.05) is 11.8 Å². The molecule has 1 atom stereocenters. The van der Waals surface area contributed by atoms with Crippen LogP contribution in [0.1, 0.15) is 30.6 Å². The first-order valence-corrected chi connectivity index (χ1v) is 6.74. The maximum atomic E-state index is 14.1. The maximum Gasteiger partial charge on any atom is 0.142 e. The maximum absolute atomic E-state index is 14.1. The van der Waals surface area contributed by atoms with Gasteiger partial charge in [0.2, 0.25) is 0 Å². The Morgan fingerprint density at radius 3 is 2.75 bits per heavy atom. The molecule has 0 aliphatic heterocycles. The highest BCUT2D eigenvalue weighted by Gasteiger charge is 2.21. The summed E-state index contributed by atoms with van der Waals surface area (Å²) in [5, 5.41) is 3.34. The SMILES string of the molecule is CCCNC(c1ccccc1F)c1ncccc1OC. The van der Waals surface area contributed by atoms with Gasteiger partial charge in [0.25, 0.3) is 0 Å². The molecular formula is C16H19FN2O. The molecule has 1 aromatic carbocycles. The summed E-state index contributed by atoms with van der Waals surface area (Å²) < 4.78 is 19.4. The Bertz CT molecular complexity index is 560. The van der Waals surface area contributed by atoms with Crippen LogP contribution in [0.25, 0.3) is 0 Å². The number of halogens is 1. The summed E-state index contributed by atoms with van der Waals surface area (Å²) in [7, 11) is 1.60. The molecule has 20 heavy (non-hydrogen) atoms. The van der Waals surface area contributed by atoms with E-state index in [1.54, 1.807) is 31.5 Å². The molecule has 106 valence electrons. The van der Waals surface area contributed by atoms with Gasteiger partial charge in [-0.25, -0.2) is 4.39 Å². The summed E-state index contributed by atoms with van der Waals surface area (Å²) in [5.41, 5.74) is 1.28. The number of hydrogen-bond donors (Lipinski definition) is 1. The molecule has 1 N–H and O–H groups in total. The molecule has 0 saturated heterocycles. The Hall–Kier alpha value is -1.94. The number of benzene rings is 1. The molecule has 1 heterocycles. The molecule has 1 aromatic heterocycles. The van der Waals surface area contributed by atoms with Crippen molar-refractivity contribution in [3.05, 3.63) is 59.7 Å². The van der Waals surface area contributed by atoms with Gasteiger partial charge in [-0.3, -0.25) is 4.98 Å². The van der Waals surface area contributed by atoms with Crippen LogP contribution in [0.5, 0.6) is 5.75 Å². The second-order valence-corrected chi connectivity index (χ2v) is 4.50. The van der Waals surface area contributed by atoms with Crippen molar-refractivity contribution in [2.75, 3.05) is 13.7 Å². The zero-order valence-corrected chi connectivity index (χ0v) is 11.8. The van der Waals surface area contributed by atoms with Crippen molar-refractivity contribution in [3.63, 3.8) is 0 Å². The Morgan fingerprint density at radius 1 is 1.25 bits per heavy atom. The molecule has 0 radical (unpaired) electrons. The van der Waals surface area contributed by atoms with Crippen molar-refractivity contribution >= 4 is 0 Å². The van der Waals surface area contributed by atoms with Crippen molar-refractivity contribution in [1.82, 2.24) is 10.3 Å². The standard InChI is InChI=1S/C16H19FN2O/c1-3-10-18-15(12-7-4-5-8-13(12)17)16-14(20-2)9-6-11-19-16/h4-9,11,15,18H,3,10H2,1-2H3. The topological polar surface area (TPSA) is 34.2 Å². The third-order valence-electron chi connectivity index (χ3n) is 3.11. The minimum Gasteiger partial charge on any atom is -0.495 e. The number of methoxy groups -OCH3 is 1. The predicted molar refractivity (Wildman–Crippen MR) is 77.3 cm³/mol. The first-order valence-electron chi connectivity index (χ1n) is 6.74. The van der Waals surface area contributed by atoms with Gasteiger partial charge in [0.05, 0.1) is 13.2 Å². The van der Waals surface area contributed by atoms with E-state index in [-0.39, 0.29) is 11.9 Å². The van der Waals surface area contributed by atoms with Crippen molar-refractivity contribution < 1.29 is 9.13 Å². The highest BCUT2D eigenvalue weighted by Crippen LogP contribution is 2.29. The van der Waals surface area contributed by atoms with Crippen LogP contribution in [0.2, 0.25) is 0 Å². The molecule has 0 spiro atoms. The van der Waals surface area contributed by atoms with Gasteiger partial charge in [-0.1, -0.05) is 25.1 Å². The van der Waals surface area contributed by atoms with Crippen LogP contribution in [-0.2, 0) is 0 Å². The van der Waals surface area contributed by atoms with Crippen LogP contribution >= 0.6 is 0 Å². The molecule has 2 rings (SSSR count). The van der Waals surface area contributed by atoms with Crippen LogP contribution in [-0.4, -0.2) is 18.6 Å². The van der Waals surface area contributed by atoms with Crippen molar-refractivity contribution in [2.24, 2.45) is 0 Å². The van der Waals surface area contributed by atoms with Crippen molar-refractivity contribution in [2.45, 2.75) is 19.4 Å². The number of nitrogens with one attached hydrogen (secondary N) is 1. The first kappa shape index (κ1) is 14.5. The third kappa shape index (κ3) is 3.14. The van der Waals surface area contributed by atoms with Crippen LogP contribution in [0.4, 0.5) is 4.39 Å². The van der Waals surface area contributed by atoms with Gasteiger partial charge in [0.1, 0.15) is 17.3 Å². The fourth-order valence-electron chi connectivity index (χ4n) is 2.14. The van der Waals surface area contributed by atoms with Crippen LogP contribution < -0.4 is 10.1 Å². The van der Waals surface area contributed by atoms with E-state index in [1.807, 2.05) is 12.1 Å². The van der Waals surface area contributed by atoms with Gasteiger partial charge in [-0.2, -0.15) is 0 Å². The molecule has 4 heteroatoms. The lowest BCUT2D eigenvalue weighted by Gasteiger charge is -2.21. The van der Waals surface area contributed by atoms with E-state index in [9.17, 15) is 4.39 Å². The Balaban J connectivity index is 2.44. The largest absolute Gasteiger partial charge is 0.495 e. The summed E-state index contributed by atoms with van der Waals surface area (Å²) >= 11 is 0. The zero-order chi connectivity index (χ0) is 14.4. The van der Waals surface area contributed by atoms with Gasteiger partial charge >= 0.3 is 0 Å². The minimum atomic E-state index is -0.313. The number of nitrogens with zero attached hydrogens (tertiary/aromatic N) is 1. The average Bonchev–Trinajstić information content (AvgIpc) is 2.49. The van der Waals surface area contributed by atoms with E-state index in [2.05, 4.69) is 17.2 Å². The molecule has 0 bridgehead atoms. The van der Waals surface area contributed by atoms with Crippen LogP contribution in [0.3, 0.4) is 0 Å². The van der Waals surface area contributed by atoms with Crippen molar-refractivity contribution in [1.29, 1.82) is 0 Å². The van der Waals surface area contributed by atoms with Gasteiger partial charge in [-0.05, 0) is 31.2 Å². The van der Waals surface area contributed by atoms with Gasteiger partial charge in [-0.15, -0.1) is 0 Å². The fourth-order valence-corrected chi connectivity index (χ4v) is 2.14. The van der Waals surface area contributed by atoms with E-state index < -0.39 is 0 Å².